The fourth-order valence-electron chi connectivity index (χ4n) is 2.60. The van der Waals surface area contributed by atoms with Crippen molar-refractivity contribution in [2.75, 3.05) is 13.7 Å². The summed E-state index contributed by atoms with van der Waals surface area (Å²) in [5.41, 5.74) is 1.19. The number of thiophene rings is 1. The van der Waals surface area contributed by atoms with Crippen molar-refractivity contribution in [3.63, 3.8) is 0 Å². The molecule has 0 bridgehead atoms. The second-order valence-corrected chi connectivity index (χ2v) is 6.78. The van der Waals surface area contributed by atoms with Gasteiger partial charge in [-0.15, -0.1) is 11.3 Å². The van der Waals surface area contributed by atoms with Gasteiger partial charge in [-0.1, -0.05) is 11.6 Å². The van der Waals surface area contributed by atoms with E-state index in [1.54, 1.807) is 11.3 Å². The SMILES string of the molecule is CCOC1CC(CC(NC)c2cc(C)c(Cl)s2)C1. The van der Waals surface area contributed by atoms with Crippen molar-refractivity contribution in [3.8, 4) is 0 Å². The summed E-state index contributed by atoms with van der Waals surface area (Å²) in [5, 5.41) is 3.42. The van der Waals surface area contributed by atoms with Gasteiger partial charge in [0.25, 0.3) is 0 Å². The predicted molar refractivity (Wildman–Crippen MR) is 78.6 cm³/mol. The number of rotatable bonds is 6. The van der Waals surface area contributed by atoms with Crippen molar-refractivity contribution in [1.82, 2.24) is 5.32 Å². The van der Waals surface area contributed by atoms with E-state index in [9.17, 15) is 0 Å². The Bertz CT molecular complexity index is 368. The second-order valence-electron chi connectivity index (χ2n) is 5.10. The van der Waals surface area contributed by atoms with Crippen LogP contribution in [0.3, 0.4) is 0 Å². The minimum absolute atomic E-state index is 0.439. The highest BCUT2D eigenvalue weighted by Crippen LogP contribution is 2.39. The maximum Gasteiger partial charge on any atom is 0.0960 e. The van der Waals surface area contributed by atoms with Crippen LogP contribution in [0.15, 0.2) is 6.07 Å². The van der Waals surface area contributed by atoms with Gasteiger partial charge in [-0.2, -0.15) is 0 Å². The Morgan fingerprint density at radius 2 is 2.28 bits per heavy atom. The van der Waals surface area contributed by atoms with Crippen LogP contribution < -0.4 is 5.32 Å². The summed E-state index contributed by atoms with van der Waals surface area (Å²) in [4.78, 5) is 1.36. The molecule has 4 heteroatoms. The van der Waals surface area contributed by atoms with E-state index in [0.717, 1.165) is 16.9 Å². The molecule has 2 rings (SSSR count). The van der Waals surface area contributed by atoms with E-state index >= 15 is 0 Å². The van der Waals surface area contributed by atoms with Crippen molar-refractivity contribution >= 4 is 22.9 Å². The van der Waals surface area contributed by atoms with Gasteiger partial charge in [0.15, 0.2) is 0 Å². The zero-order valence-corrected chi connectivity index (χ0v) is 12.9. The summed E-state index contributed by atoms with van der Waals surface area (Å²) >= 11 is 7.86. The number of nitrogens with one attached hydrogen (secondary N) is 1. The predicted octanol–water partition coefficient (Wildman–Crippen LogP) is 4.18. The summed E-state index contributed by atoms with van der Waals surface area (Å²) in [6.07, 6.45) is 4.12. The van der Waals surface area contributed by atoms with Crippen molar-refractivity contribution in [3.05, 3.63) is 20.8 Å². The van der Waals surface area contributed by atoms with Crippen LogP contribution in [0.4, 0.5) is 0 Å². The highest BCUT2D eigenvalue weighted by molar-refractivity contribution is 7.16. The van der Waals surface area contributed by atoms with Gasteiger partial charge in [-0.3, -0.25) is 0 Å². The fourth-order valence-corrected chi connectivity index (χ4v) is 3.94. The molecule has 2 nitrogen and oxygen atoms in total. The molecular formula is C14H22ClNOS. The van der Waals surface area contributed by atoms with E-state index in [2.05, 4.69) is 25.2 Å². The molecule has 1 fully saturated rings. The molecule has 0 spiro atoms. The number of aryl methyl sites for hydroxylation is 1. The zero-order valence-electron chi connectivity index (χ0n) is 11.3. The first kappa shape index (κ1) is 14.3. The lowest BCUT2D eigenvalue weighted by Gasteiger charge is -2.36. The Balaban J connectivity index is 1.87. The molecule has 0 amide bonds. The first-order valence-corrected chi connectivity index (χ1v) is 7.88. The van der Waals surface area contributed by atoms with Crippen LogP contribution in [0.2, 0.25) is 4.34 Å². The normalized spacial score (nSPS) is 24.9. The summed E-state index contributed by atoms with van der Waals surface area (Å²) in [6.45, 7) is 4.98. The third kappa shape index (κ3) is 3.27. The molecule has 1 heterocycles. The van der Waals surface area contributed by atoms with E-state index in [1.807, 2.05) is 7.05 Å². The van der Waals surface area contributed by atoms with Crippen LogP contribution in [0.25, 0.3) is 0 Å². The number of halogens is 1. The number of hydrogen-bond donors (Lipinski definition) is 1. The lowest BCUT2D eigenvalue weighted by atomic mass is 9.78. The smallest absolute Gasteiger partial charge is 0.0960 e. The maximum absolute atomic E-state index is 6.15. The summed E-state index contributed by atoms with van der Waals surface area (Å²) in [5.74, 6) is 0.792. The van der Waals surface area contributed by atoms with Gasteiger partial charge in [0.05, 0.1) is 10.4 Å². The minimum Gasteiger partial charge on any atom is -0.378 e. The first-order chi connectivity index (χ1) is 8.63. The van der Waals surface area contributed by atoms with Gasteiger partial charge in [-0.05, 0) is 57.7 Å². The molecule has 1 N–H and O–H groups in total. The average Bonchev–Trinajstić information content (AvgIpc) is 2.62. The molecule has 1 aromatic rings. The van der Waals surface area contributed by atoms with E-state index in [0.29, 0.717) is 12.1 Å². The first-order valence-electron chi connectivity index (χ1n) is 6.68. The third-order valence-corrected chi connectivity index (χ3v) is 5.40. The monoisotopic (exact) mass is 287 g/mol. The Labute approximate surface area is 119 Å². The molecule has 0 saturated heterocycles. The molecule has 1 aromatic heterocycles. The summed E-state index contributed by atoms with van der Waals surface area (Å²) < 4.78 is 6.54. The van der Waals surface area contributed by atoms with Gasteiger partial charge in [-0.25, -0.2) is 0 Å². The molecule has 1 aliphatic rings. The van der Waals surface area contributed by atoms with Gasteiger partial charge in [0.2, 0.25) is 0 Å². The number of hydrogen-bond acceptors (Lipinski definition) is 3. The number of ether oxygens (including phenoxy) is 1. The summed E-state index contributed by atoms with van der Waals surface area (Å²) in [6, 6.07) is 2.65. The molecule has 1 atom stereocenters. The standard InChI is InChI=1S/C14H22ClNOS/c1-4-17-11-6-10(7-11)8-12(16-3)13-5-9(2)14(15)18-13/h5,10-12,16H,4,6-8H2,1-3H3. The largest absolute Gasteiger partial charge is 0.378 e. The van der Waals surface area contributed by atoms with Crippen LogP contribution in [0.1, 0.15) is 42.7 Å². The van der Waals surface area contributed by atoms with Crippen LogP contribution in [-0.4, -0.2) is 19.8 Å². The lowest BCUT2D eigenvalue weighted by molar-refractivity contribution is -0.0288. The van der Waals surface area contributed by atoms with Gasteiger partial charge in [0, 0.05) is 17.5 Å². The minimum atomic E-state index is 0.439. The quantitative estimate of drug-likeness (QED) is 0.848. The van der Waals surface area contributed by atoms with Crippen LogP contribution >= 0.6 is 22.9 Å². The van der Waals surface area contributed by atoms with E-state index < -0.39 is 0 Å². The molecule has 1 saturated carbocycles. The lowest BCUT2D eigenvalue weighted by Crippen LogP contribution is -2.34. The summed E-state index contributed by atoms with van der Waals surface area (Å²) in [7, 11) is 2.03. The Morgan fingerprint density at radius 1 is 1.56 bits per heavy atom. The molecule has 0 aliphatic heterocycles. The highest BCUT2D eigenvalue weighted by Gasteiger charge is 2.31. The highest BCUT2D eigenvalue weighted by atomic mass is 35.5. The second kappa shape index (κ2) is 6.38. The van der Waals surface area contributed by atoms with Gasteiger partial charge in [0.1, 0.15) is 0 Å². The molecule has 102 valence electrons. The van der Waals surface area contributed by atoms with Gasteiger partial charge < -0.3 is 10.1 Å². The van der Waals surface area contributed by atoms with Crippen molar-refractivity contribution in [2.24, 2.45) is 5.92 Å². The van der Waals surface area contributed by atoms with Crippen molar-refractivity contribution in [1.29, 1.82) is 0 Å². The Morgan fingerprint density at radius 3 is 2.78 bits per heavy atom. The average molecular weight is 288 g/mol. The maximum atomic E-state index is 6.15. The fraction of sp³-hybridized carbons (Fsp3) is 0.714. The molecule has 1 aliphatic carbocycles. The zero-order chi connectivity index (χ0) is 13.1. The van der Waals surface area contributed by atoms with E-state index in [1.165, 1.54) is 29.7 Å². The topological polar surface area (TPSA) is 21.3 Å². The molecular weight excluding hydrogens is 266 g/mol. The van der Waals surface area contributed by atoms with Crippen molar-refractivity contribution < 1.29 is 4.74 Å². The molecule has 1 unspecified atom stereocenters. The Kier molecular flexibility index (Phi) is 5.07. The molecule has 0 aromatic carbocycles. The van der Waals surface area contributed by atoms with Crippen LogP contribution in [-0.2, 0) is 4.74 Å². The van der Waals surface area contributed by atoms with Gasteiger partial charge >= 0.3 is 0 Å². The third-order valence-electron chi connectivity index (χ3n) is 3.73. The van der Waals surface area contributed by atoms with E-state index in [-0.39, 0.29) is 0 Å². The Hall–Kier alpha value is -0.0900. The van der Waals surface area contributed by atoms with Crippen LogP contribution in [0.5, 0.6) is 0 Å². The van der Waals surface area contributed by atoms with Crippen molar-refractivity contribution in [2.45, 2.75) is 45.3 Å². The molecule has 18 heavy (non-hydrogen) atoms. The van der Waals surface area contributed by atoms with E-state index in [4.69, 9.17) is 16.3 Å². The van der Waals surface area contributed by atoms with Crippen LogP contribution in [0, 0.1) is 12.8 Å². The molecule has 0 radical (unpaired) electrons.